The topological polar surface area (TPSA) is 80.9 Å². The number of carbonyl (C=O) groups is 1. The third kappa shape index (κ3) is 3.50. The van der Waals surface area contributed by atoms with Crippen molar-refractivity contribution in [1.82, 2.24) is 14.9 Å². The normalized spacial score (nSPS) is 19.6. The van der Waals surface area contributed by atoms with Crippen molar-refractivity contribution >= 4 is 29.0 Å². The second-order valence-corrected chi connectivity index (χ2v) is 6.30. The van der Waals surface area contributed by atoms with E-state index in [1.165, 1.54) is 6.34 Å². The average Bonchev–Trinajstić information content (AvgIpc) is 2.99. The maximum atomic E-state index is 12.4. The molecule has 1 aliphatic rings. The summed E-state index contributed by atoms with van der Waals surface area (Å²) < 4.78 is 19.7. The first-order chi connectivity index (χ1) is 12.5. The van der Waals surface area contributed by atoms with Gasteiger partial charge in [-0.15, -0.1) is 0 Å². The van der Waals surface area contributed by atoms with Crippen LogP contribution < -0.4 is 5.32 Å². The number of nitrogens with zero attached hydrogens (tertiary/aromatic N) is 4. The highest BCUT2D eigenvalue weighted by Crippen LogP contribution is 2.23. The van der Waals surface area contributed by atoms with Crippen LogP contribution in [0, 0.1) is 12.8 Å². The van der Waals surface area contributed by atoms with Gasteiger partial charge < -0.3 is 14.6 Å². The highest BCUT2D eigenvalue weighted by molar-refractivity contribution is 6.06. The van der Waals surface area contributed by atoms with E-state index in [0.717, 1.165) is 16.8 Å². The molecular weight excluding hydrogens is 337 g/mol. The predicted octanol–water partition coefficient (Wildman–Crippen LogP) is 2.14. The minimum absolute atomic E-state index is 0.0176. The van der Waals surface area contributed by atoms with Crippen molar-refractivity contribution < 1.29 is 13.9 Å². The summed E-state index contributed by atoms with van der Waals surface area (Å²) in [5.74, 6) is -0.318. The lowest BCUT2D eigenvalue weighted by Gasteiger charge is -2.23. The smallest absolute Gasteiger partial charge is 0.255 e. The van der Waals surface area contributed by atoms with E-state index in [0.29, 0.717) is 17.6 Å². The van der Waals surface area contributed by atoms with E-state index in [4.69, 9.17) is 4.74 Å². The Kier molecular flexibility index (Phi) is 5.41. The number of ether oxygens (including phenoxy) is 1. The van der Waals surface area contributed by atoms with E-state index in [9.17, 15) is 9.18 Å². The van der Waals surface area contributed by atoms with Crippen LogP contribution in [-0.4, -0.2) is 54.1 Å². The number of alkyl halides is 1. The minimum Gasteiger partial charge on any atom is -0.359 e. The number of hydrogen-bond acceptors (Lipinski definition) is 5. The van der Waals surface area contributed by atoms with Gasteiger partial charge in [-0.2, -0.15) is 0 Å². The molecule has 0 fully saturated rings. The molecule has 8 heteroatoms. The number of hydrogen-bond donors (Lipinski definition) is 1. The van der Waals surface area contributed by atoms with Gasteiger partial charge in [-0.05, 0) is 18.6 Å². The summed E-state index contributed by atoms with van der Waals surface area (Å²) >= 11 is 0. The molecule has 0 aliphatic carbocycles. The van der Waals surface area contributed by atoms with Gasteiger partial charge in [0, 0.05) is 37.7 Å². The van der Waals surface area contributed by atoms with Gasteiger partial charge in [0.15, 0.2) is 6.23 Å². The quantitative estimate of drug-likeness (QED) is 0.858. The summed E-state index contributed by atoms with van der Waals surface area (Å²) in [7, 11) is 1.62. The lowest BCUT2D eigenvalue weighted by atomic mass is 10.0. The number of aromatic nitrogens is 2. The molecule has 138 valence electrons. The maximum Gasteiger partial charge on any atom is 0.255 e. The van der Waals surface area contributed by atoms with Crippen LogP contribution in [0.5, 0.6) is 0 Å². The third-order valence-electron chi connectivity index (χ3n) is 4.44. The van der Waals surface area contributed by atoms with Gasteiger partial charge in [-0.25, -0.2) is 14.4 Å². The van der Waals surface area contributed by atoms with Crippen LogP contribution in [0.1, 0.15) is 22.8 Å². The number of aryl methyl sites for hydroxylation is 1. The van der Waals surface area contributed by atoms with Crippen molar-refractivity contribution in [3.05, 3.63) is 29.6 Å². The zero-order chi connectivity index (χ0) is 18.7. The van der Waals surface area contributed by atoms with Crippen LogP contribution in [0.15, 0.2) is 28.4 Å². The van der Waals surface area contributed by atoms with Crippen molar-refractivity contribution in [1.29, 1.82) is 0 Å². The minimum atomic E-state index is -0.608. The van der Waals surface area contributed by atoms with Crippen LogP contribution in [0.25, 0.3) is 11.0 Å². The fourth-order valence-electron chi connectivity index (χ4n) is 3.03. The highest BCUT2D eigenvalue weighted by Gasteiger charge is 2.25. The number of halogens is 1. The molecule has 0 radical (unpaired) electrons. The third-order valence-corrected chi connectivity index (χ3v) is 4.44. The number of fused-ring (bicyclic) bond motifs is 1. The van der Waals surface area contributed by atoms with Gasteiger partial charge in [-0.1, -0.05) is 6.92 Å². The Morgan fingerprint density at radius 1 is 1.46 bits per heavy atom. The van der Waals surface area contributed by atoms with Gasteiger partial charge in [0.25, 0.3) is 5.91 Å². The van der Waals surface area contributed by atoms with Crippen LogP contribution >= 0.6 is 0 Å². The predicted molar refractivity (Wildman–Crippen MR) is 98.7 cm³/mol. The molecule has 26 heavy (non-hydrogen) atoms. The summed E-state index contributed by atoms with van der Waals surface area (Å²) in [4.78, 5) is 25.4. The SMILES string of the molecule is COC1N=CN=C(Cn2cc(C(=O)NCCF)c3ncc(C)cc32)C1C. The molecule has 7 nitrogen and oxygen atoms in total. The molecule has 1 N–H and O–H groups in total. The van der Waals surface area contributed by atoms with Crippen LogP contribution in [-0.2, 0) is 11.3 Å². The van der Waals surface area contributed by atoms with Crippen molar-refractivity contribution in [3.8, 4) is 0 Å². The van der Waals surface area contributed by atoms with Crippen LogP contribution in [0.4, 0.5) is 4.39 Å². The fourth-order valence-corrected chi connectivity index (χ4v) is 3.03. The molecule has 3 rings (SSSR count). The number of aliphatic imine (C=N–C) groups is 2. The summed E-state index contributed by atoms with van der Waals surface area (Å²) in [6.45, 7) is 3.82. The van der Waals surface area contributed by atoms with E-state index in [2.05, 4.69) is 20.3 Å². The van der Waals surface area contributed by atoms with E-state index >= 15 is 0 Å². The monoisotopic (exact) mass is 359 g/mol. The Morgan fingerprint density at radius 2 is 2.27 bits per heavy atom. The maximum absolute atomic E-state index is 12.4. The summed E-state index contributed by atoms with van der Waals surface area (Å²) in [5, 5.41) is 2.56. The number of rotatable bonds is 6. The average molecular weight is 359 g/mol. The lowest BCUT2D eigenvalue weighted by Crippen LogP contribution is -2.31. The number of carbonyl (C=O) groups excluding carboxylic acids is 1. The first kappa shape index (κ1) is 18.2. The van der Waals surface area contributed by atoms with E-state index < -0.39 is 6.67 Å². The van der Waals surface area contributed by atoms with Crippen LogP contribution in [0.3, 0.4) is 0 Å². The number of pyridine rings is 1. The van der Waals surface area contributed by atoms with Crippen molar-refractivity contribution in [2.45, 2.75) is 26.6 Å². The first-order valence-electron chi connectivity index (χ1n) is 8.45. The fraction of sp³-hybridized carbons (Fsp3) is 0.444. The van der Waals surface area contributed by atoms with Crippen molar-refractivity contribution in [2.24, 2.45) is 15.9 Å². The summed E-state index contributed by atoms with van der Waals surface area (Å²) in [5.41, 5.74) is 3.74. The van der Waals surface area contributed by atoms with Gasteiger partial charge in [-0.3, -0.25) is 9.78 Å². The zero-order valence-corrected chi connectivity index (χ0v) is 15.1. The molecule has 2 aromatic rings. The Morgan fingerprint density at radius 3 is 3.00 bits per heavy atom. The first-order valence-corrected chi connectivity index (χ1v) is 8.45. The Labute approximate surface area is 151 Å². The molecule has 0 aromatic carbocycles. The molecule has 3 heterocycles. The molecule has 2 aromatic heterocycles. The van der Waals surface area contributed by atoms with Crippen LogP contribution in [0.2, 0.25) is 0 Å². The van der Waals surface area contributed by atoms with E-state index in [1.807, 2.05) is 24.5 Å². The van der Waals surface area contributed by atoms with Crippen molar-refractivity contribution in [3.63, 3.8) is 0 Å². The second-order valence-electron chi connectivity index (χ2n) is 6.30. The number of methoxy groups -OCH3 is 1. The van der Waals surface area contributed by atoms with Gasteiger partial charge >= 0.3 is 0 Å². The van der Waals surface area contributed by atoms with Gasteiger partial charge in [0.2, 0.25) is 0 Å². The van der Waals surface area contributed by atoms with Gasteiger partial charge in [0.05, 0.1) is 17.6 Å². The molecular formula is C18H22FN5O2. The lowest BCUT2D eigenvalue weighted by molar-refractivity contribution is 0.0861. The van der Waals surface area contributed by atoms with Crippen molar-refractivity contribution in [2.75, 3.05) is 20.3 Å². The van der Waals surface area contributed by atoms with Gasteiger partial charge in [0.1, 0.15) is 18.5 Å². The Bertz CT molecular complexity index is 874. The molecule has 2 unspecified atom stereocenters. The largest absolute Gasteiger partial charge is 0.359 e. The number of amides is 1. The Hall–Kier alpha value is -2.61. The van der Waals surface area contributed by atoms with E-state index in [-0.39, 0.29) is 24.6 Å². The molecule has 0 spiro atoms. The number of nitrogens with one attached hydrogen (secondary N) is 1. The molecule has 0 saturated heterocycles. The molecule has 0 saturated carbocycles. The Balaban J connectivity index is 1.98. The zero-order valence-electron chi connectivity index (χ0n) is 15.1. The molecule has 1 aliphatic heterocycles. The standard InChI is InChI=1S/C18H22FN5O2/c1-11-6-15-16(21-7-11)13(17(25)20-5-4-19)8-24(15)9-14-12(2)18(26-3)23-10-22-14/h6-8,10,12,18H,4-5,9H2,1-3H3,(H,20,25). The molecule has 1 amide bonds. The highest BCUT2D eigenvalue weighted by atomic mass is 19.1. The summed E-state index contributed by atoms with van der Waals surface area (Å²) in [6.07, 6.45) is 4.70. The molecule has 0 bridgehead atoms. The van der Waals surface area contributed by atoms with E-state index in [1.54, 1.807) is 19.5 Å². The summed E-state index contributed by atoms with van der Waals surface area (Å²) in [6, 6.07) is 1.98. The second kappa shape index (κ2) is 7.74. The molecule has 2 atom stereocenters.